The molecule has 7 nitrogen and oxygen atoms in total. The maximum atomic E-state index is 11.6. The molecule has 1 heterocycles. The summed E-state index contributed by atoms with van der Waals surface area (Å²) < 4.78 is 10.5. The van der Waals surface area contributed by atoms with Crippen molar-refractivity contribution in [2.75, 3.05) is 0 Å². The van der Waals surface area contributed by atoms with Crippen molar-refractivity contribution < 1.29 is 28.7 Å². The lowest BCUT2D eigenvalue weighted by Gasteiger charge is -2.12. The third-order valence-electron chi connectivity index (χ3n) is 3.18. The minimum atomic E-state index is -1.16. The Bertz CT molecular complexity index is 740. The highest BCUT2D eigenvalue weighted by atomic mass is 16.8. The Balaban J connectivity index is 1.57. The molecule has 0 aliphatic carbocycles. The van der Waals surface area contributed by atoms with E-state index in [2.05, 4.69) is 4.84 Å². The van der Waals surface area contributed by atoms with Gasteiger partial charge in [-0.25, -0.2) is 4.79 Å². The molecule has 0 atom stereocenters. The van der Waals surface area contributed by atoms with Crippen LogP contribution in [0.25, 0.3) is 0 Å². The lowest BCUT2D eigenvalue weighted by Crippen LogP contribution is -2.33. The van der Waals surface area contributed by atoms with Gasteiger partial charge in [-0.2, -0.15) is 0 Å². The van der Waals surface area contributed by atoms with Crippen LogP contribution in [0, 0.1) is 0 Å². The van der Waals surface area contributed by atoms with Crippen molar-refractivity contribution in [3.63, 3.8) is 0 Å². The zero-order valence-electron chi connectivity index (χ0n) is 12.5. The zero-order valence-corrected chi connectivity index (χ0v) is 12.5. The molecule has 1 aliphatic heterocycles. The first-order valence-electron chi connectivity index (χ1n) is 7.20. The van der Waals surface area contributed by atoms with E-state index in [0.29, 0.717) is 16.6 Å². The van der Waals surface area contributed by atoms with Gasteiger partial charge in [-0.05, 0) is 36.4 Å². The van der Waals surface area contributed by atoms with Crippen molar-refractivity contribution in [2.45, 2.75) is 12.8 Å². The van der Waals surface area contributed by atoms with Crippen LogP contribution >= 0.6 is 0 Å². The van der Waals surface area contributed by atoms with Crippen LogP contribution in [0.15, 0.2) is 54.6 Å². The minimum Gasteiger partial charge on any atom is -0.457 e. The van der Waals surface area contributed by atoms with Crippen LogP contribution < -0.4 is 9.47 Å². The number of hydroxylamine groups is 2. The molecule has 0 N–H and O–H groups in total. The summed E-state index contributed by atoms with van der Waals surface area (Å²) >= 11 is 0. The van der Waals surface area contributed by atoms with Crippen LogP contribution in [0.2, 0.25) is 0 Å². The van der Waals surface area contributed by atoms with E-state index in [1.54, 1.807) is 12.1 Å². The first kappa shape index (κ1) is 15.5. The summed E-state index contributed by atoms with van der Waals surface area (Å²) in [5.74, 6) is 0.301. The molecule has 122 valence electrons. The fraction of sp³-hybridized carbons (Fsp3) is 0.118. The number of carbonyl (C=O) groups excluding carboxylic acids is 3. The molecule has 0 aromatic heterocycles. The van der Waals surface area contributed by atoms with Crippen LogP contribution in [0.3, 0.4) is 0 Å². The Morgan fingerprint density at radius 3 is 1.96 bits per heavy atom. The zero-order chi connectivity index (χ0) is 16.9. The third kappa shape index (κ3) is 3.70. The minimum absolute atomic E-state index is 0.0254. The first-order valence-corrected chi connectivity index (χ1v) is 7.20. The monoisotopic (exact) mass is 327 g/mol. The topological polar surface area (TPSA) is 82.1 Å². The molecule has 0 spiro atoms. The number of ether oxygens (including phenoxy) is 2. The van der Waals surface area contributed by atoms with Gasteiger partial charge in [0.1, 0.15) is 17.2 Å². The number of carbonyl (C=O) groups is 3. The van der Waals surface area contributed by atoms with Gasteiger partial charge < -0.3 is 9.47 Å². The number of hydrogen-bond donors (Lipinski definition) is 0. The molecule has 2 amide bonds. The molecule has 0 radical (unpaired) electrons. The Hall–Kier alpha value is -3.35. The Labute approximate surface area is 137 Å². The Morgan fingerprint density at radius 1 is 0.792 bits per heavy atom. The SMILES string of the molecule is O=C(Oc1ccc(Oc2ccccc2)cc1)ON1C(=O)CCC1=O. The van der Waals surface area contributed by atoms with Crippen LogP contribution in [0.4, 0.5) is 4.79 Å². The van der Waals surface area contributed by atoms with Crippen molar-refractivity contribution in [1.82, 2.24) is 5.06 Å². The van der Waals surface area contributed by atoms with E-state index in [1.165, 1.54) is 12.1 Å². The highest BCUT2D eigenvalue weighted by molar-refractivity contribution is 6.01. The van der Waals surface area contributed by atoms with Crippen LogP contribution in [0.1, 0.15) is 12.8 Å². The van der Waals surface area contributed by atoms with Gasteiger partial charge in [-0.1, -0.05) is 23.3 Å². The molecular weight excluding hydrogens is 314 g/mol. The largest absolute Gasteiger partial charge is 0.539 e. The van der Waals surface area contributed by atoms with E-state index in [1.807, 2.05) is 30.3 Å². The number of rotatable bonds is 4. The number of para-hydroxylation sites is 1. The van der Waals surface area contributed by atoms with Crippen LogP contribution in [0.5, 0.6) is 17.2 Å². The Kier molecular flexibility index (Phi) is 4.42. The fourth-order valence-corrected chi connectivity index (χ4v) is 2.05. The summed E-state index contributed by atoms with van der Waals surface area (Å²) in [6, 6.07) is 15.4. The second-order valence-electron chi connectivity index (χ2n) is 4.91. The van der Waals surface area contributed by atoms with E-state index in [9.17, 15) is 14.4 Å². The summed E-state index contributed by atoms with van der Waals surface area (Å²) in [5.41, 5.74) is 0. The second-order valence-corrected chi connectivity index (χ2v) is 4.91. The molecule has 1 saturated heterocycles. The van der Waals surface area contributed by atoms with E-state index in [-0.39, 0.29) is 18.6 Å². The van der Waals surface area contributed by atoms with Crippen molar-refractivity contribution in [3.8, 4) is 17.2 Å². The van der Waals surface area contributed by atoms with E-state index in [4.69, 9.17) is 9.47 Å². The summed E-state index contributed by atoms with van der Waals surface area (Å²) in [5, 5.41) is 0.426. The lowest BCUT2D eigenvalue weighted by atomic mass is 10.3. The van der Waals surface area contributed by atoms with E-state index < -0.39 is 18.0 Å². The molecule has 7 heteroatoms. The average molecular weight is 327 g/mol. The van der Waals surface area contributed by atoms with Crippen molar-refractivity contribution in [2.24, 2.45) is 0 Å². The maximum absolute atomic E-state index is 11.6. The molecule has 2 aromatic carbocycles. The number of benzene rings is 2. The predicted molar refractivity (Wildman–Crippen MR) is 81.2 cm³/mol. The highest BCUT2D eigenvalue weighted by Crippen LogP contribution is 2.24. The quantitative estimate of drug-likeness (QED) is 0.488. The smallest absolute Gasteiger partial charge is 0.457 e. The summed E-state index contributed by atoms with van der Waals surface area (Å²) in [6.07, 6.45) is -1.11. The van der Waals surface area contributed by atoms with Gasteiger partial charge in [-0.3, -0.25) is 14.4 Å². The van der Waals surface area contributed by atoms with Crippen molar-refractivity contribution in [1.29, 1.82) is 0 Å². The average Bonchev–Trinajstić information content (AvgIpc) is 2.89. The highest BCUT2D eigenvalue weighted by Gasteiger charge is 2.33. The van der Waals surface area contributed by atoms with Crippen LogP contribution in [-0.2, 0) is 14.4 Å². The van der Waals surface area contributed by atoms with E-state index in [0.717, 1.165) is 0 Å². The van der Waals surface area contributed by atoms with Gasteiger partial charge in [0.25, 0.3) is 11.8 Å². The predicted octanol–water partition coefficient (Wildman–Crippen LogP) is 3.06. The van der Waals surface area contributed by atoms with Gasteiger partial charge >= 0.3 is 6.16 Å². The molecule has 3 rings (SSSR count). The van der Waals surface area contributed by atoms with Gasteiger partial charge in [-0.15, -0.1) is 0 Å². The molecule has 24 heavy (non-hydrogen) atoms. The Morgan fingerprint density at radius 2 is 1.33 bits per heavy atom. The summed E-state index contributed by atoms with van der Waals surface area (Å²) in [4.78, 5) is 38.9. The third-order valence-corrected chi connectivity index (χ3v) is 3.18. The van der Waals surface area contributed by atoms with Gasteiger partial charge in [0.2, 0.25) is 0 Å². The number of hydrogen-bond acceptors (Lipinski definition) is 6. The molecule has 0 saturated carbocycles. The lowest BCUT2D eigenvalue weighted by molar-refractivity contribution is -0.174. The molecule has 2 aromatic rings. The number of imide groups is 1. The summed E-state index contributed by atoms with van der Waals surface area (Å²) in [6.45, 7) is 0. The van der Waals surface area contributed by atoms with E-state index >= 15 is 0 Å². The fourth-order valence-electron chi connectivity index (χ4n) is 2.05. The van der Waals surface area contributed by atoms with Gasteiger partial charge in [0.15, 0.2) is 0 Å². The maximum Gasteiger partial charge on any atom is 0.539 e. The molecule has 0 unspecified atom stereocenters. The van der Waals surface area contributed by atoms with Gasteiger partial charge in [0, 0.05) is 12.8 Å². The van der Waals surface area contributed by atoms with Crippen molar-refractivity contribution in [3.05, 3.63) is 54.6 Å². The molecule has 1 aliphatic rings. The second kappa shape index (κ2) is 6.82. The number of nitrogens with zero attached hydrogens (tertiary/aromatic N) is 1. The molecule has 1 fully saturated rings. The van der Waals surface area contributed by atoms with Crippen molar-refractivity contribution >= 4 is 18.0 Å². The number of amides is 2. The normalized spacial score (nSPS) is 13.8. The first-order chi connectivity index (χ1) is 11.6. The standard InChI is InChI=1S/C17H13NO6/c19-15-10-11-16(20)18(15)24-17(21)23-14-8-6-13(7-9-14)22-12-4-2-1-3-5-12/h1-9H,10-11H2. The van der Waals surface area contributed by atoms with Gasteiger partial charge in [0.05, 0.1) is 0 Å². The molecular formula is C17H13NO6. The van der Waals surface area contributed by atoms with Crippen LogP contribution in [-0.4, -0.2) is 23.0 Å². The summed E-state index contributed by atoms with van der Waals surface area (Å²) in [7, 11) is 0. The molecule has 0 bridgehead atoms.